The van der Waals surface area contributed by atoms with Crippen molar-refractivity contribution in [3.8, 4) is 5.75 Å². The molecule has 0 bridgehead atoms. The fourth-order valence-electron chi connectivity index (χ4n) is 4.39. The monoisotopic (exact) mass is 545 g/mol. The minimum Gasteiger partial charge on any atom is -0.497 e. The maximum absolute atomic E-state index is 13.5. The lowest BCUT2D eigenvalue weighted by molar-refractivity contribution is -0.131. The number of hydrogen-bond acceptors (Lipinski definition) is 6. The molecule has 1 aliphatic heterocycles. The molecule has 1 saturated heterocycles. The lowest BCUT2D eigenvalue weighted by atomic mass is 10.1. The number of esters is 1. The molecule has 0 saturated carbocycles. The third-order valence-electron chi connectivity index (χ3n) is 6.45. The van der Waals surface area contributed by atoms with Gasteiger partial charge in [-0.1, -0.05) is 42.5 Å². The van der Waals surface area contributed by atoms with Gasteiger partial charge in [0.15, 0.2) is 5.11 Å². The number of amides is 2. The number of ether oxygens (including phenoxy) is 2. The first-order valence-electron chi connectivity index (χ1n) is 12.8. The summed E-state index contributed by atoms with van der Waals surface area (Å²) in [5, 5.41) is 3.24. The fraction of sp³-hybridized carbons (Fsp3) is 0.267. The van der Waals surface area contributed by atoms with Crippen LogP contribution in [0, 0.1) is 0 Å². The van der Waals surface area contributed by atoms with Gasteiger partial charge in [0, 0.05) is 12.2 Å². The first-order chi connectivity index (χ1) is 18.9. The molecule has 0 aromatic heterocycles. The van der Waals surface area contributed by atoms with Crippen LogP contribution in [0.15, 0.2) is 78.9 Å². The highest BCUT2D eigenvalue weighted by Crippen LogP contribution is 2.25. The van der Waals surface area contributed by atoms with Crippen LogP contribution in [-0.4, -0.2) is 59.0 Å². The van der Waals surface area contributed by atoms with Crippen molar-refractivity contribution in [1.82, 2.24) is 9.80 Å². The minimum absolute atomic E-state index is 0.0630. The Morgan fingerprint density at radius 3 is 2.28 bits per heavy atom. The third kappa shape index (κ3) is 7.00. The normalized spacial score (nSPS) is 14.9. The molecule has 3 aromatic rings. The molecule has 1 fully saturated rings. The Morgan fingerprint density at radius 2 is 1.64 bits per heavy atom. The van der Waals surface area contributed by atoms with Crippen LogP contribution in [0.2, 0.25) is 0 Å². The SMILES string of the molecule is CCOC(=O)c1ccc(NC(=O)C[C@H]2C(=O)N(Cc3ccccc3)C(=S)N2CCc2ccc(OC)cc2)cc1. The van der Waals surface area contributed by atoms with Crippen LogP contribution in [0.3, 0.4) is 0 Å². The largest absolute Gasteiger partial charge is 0.497 e. The molecule has 3 aromatic carbocycles. The van der Waals surface area contributed by atoms with Crippen molar-refractivity contribution in [1.29, 1.82) is 0 Å². The maximum atomic E-state index is 13.5. The summed E-state index contributed by atoms with van der Waals surface area (Å²) in [6, 6.07) is 23.1. The van der Waals surface area contributed by atoms with E-state index < -0.39 is 12.0 Å². The maximum Gasteiger partial charge on any atom is 0.338 e. The Bertz CT molecular complexity index is 1310. The highest BCUT2D eigenvalue weighted by molar-refractivity contribution is 7.80. The second-order valence-electron chi connectivity index (χ2n) is 9.05. The number of rotatable bonds is 11. The highest BCUT2D eigenvalue weighted by atomic mass is 32.1. The number of nitrogens with one attached hydrogen (secondary N) is 1. The Labute approximate surface area is 233 Å². The van der Waals surface area contributed by atoms with E-state index in [0.717, 1.165) is 16.9 Å². The van der Waals surface area contributed by atoms with E-state index in [0.29, 0.717) is 35.9 Å². The topological polar surface area (TPSA) is 88.2 Å². The van der Waals surface area contributed by atoms with Crippen LogP contribution in [0.1, 0.15) is 34.8 Å². The van der Waals surface area contributed by atoms with Gasteiger partial charge in [-0.25, -0.2) is 4.79 Å². The van der Waals surface area contributed by atoms with Crippen LogP contribution in [0.25, 0.3) is 0 Å². The molecule has 8 nitrogen and oxygen atoms in total. The van der Waals surface area contributed by atoms with Gasteiger partial charge < -0.3 is 19.7 Å². The van der Waals surface area contributed by atoms with Crippen molar-refractivity contribution in [3.05, 3.63) is 95.6 Å². The number of anilines is 1. The smallest absolute Gasteiger partial charge is 0.338 e. The zero-order chi connectivity index (χ0) is 27.8. The lowest BCUT2D eigenvalue weighted by Crippen LogP contribution is -2.39. The Hall–Kier alpha value is -4.24. The van der Waals surface area contributed by atoms with Crippen LogP contribution in [0.5, 0.6) is 5.75 Å². The molecular formula is C30H31N3O5S. The van der Waals surface area contributed by atoms with E-state index in [1.807, 2.05) is 59.5 Å². The highest BCUT2D eigenvalue weighted by Gasteiger charge is 2.43. The van der Waals surface area contributed by atoms with Gasteiger partial charge >= 0.3 is 5.97 Å². The molecule has 1 N–H and O–H groups in total. The molecule has 1 atom stereocenters. The Balaban J connectivity index is 1.47. The van der Waals surface area contributed by atoms with Gasteiger partial charge in [0.1, 0.15) is 11.8 Å². The van der Waals surface area contributed by atoms with Gasteiger partial charge in [-0.2, -0.15) is 0 Å². The van der Waals surface area contributed by atoms with Crippen molar-refractivity contribution in [2.45, 2.75) is 32.4 Å². The molecule has 2 amide bonds. The van der Waals surface area contributed by atoms with Crippen LogP contribution in [0.4, 0.5) is 5.69 Å². The van der Waals surface area contributed by atoms with E-state index in [1.165, 1.54) is 0 Å². The number of hydrogen-bond donors (Lipinski definition) is 1. The zero-order valence-electron chi connectivity index (χ0n) is 22.0. The molecule has 39 heavy (non-hydrogen) atoms. The van der Waals surface area contributed by atoms with E-state index in [4.69, 9.17) is 21.7 Å². The molecule has 1 heterocycles. The summed E-state index contributed by atoms with van der Waals surface area (Å²) in [5.74, 6) is -0.182. The van der Waals surface area contributed by atoms with E-state index in [9.17, 15) is 14.4 Å². The van der Waals surface area contributed by atoms with Gasteiger partial charge in [0.05, 0.1) is 32.2 Å². The number of thiocarbonyl (C=S) groups is 1. The average Bonchev–Trinajstić information content (AvgIpc) is 3.16. The quantitative estimate of drug-likeness (QED) is 0.282. The van der Waals surface area contributed by atoms with Crippen LogP contribution < -0.4 is 10.1 Å². The summed E-state index contributed by atoms with van der Waals surface area (Å²) in [6.45, 7) is 2.84. The van der Waals surface area contributed by atoms with Crippen molar-refractivity contribution < 1.29 is 23.9 Å². The number of carbonyl (C=O) groups excluding carboxylic acids is 3. The second kappa shape index (κ2) is 13.0. The number of carbonyl (C=O) groups is 3. The lowest BCUT2D eigenvalue weighted by Gasteiger charge is -2.24. The average molecular weight is 546 g/mol. The van der Waals surface area contributed by atoms with Crippen LogP contribution in [-0.2, 0) is 27.3 Å². The molecule has 0 unspecified atom stereocenters. The van der Waals surface area contributed by atoms with Gasteiger partial charge in [0.25, 0.3) is 5.91 Å². The molecule has 0 radical (unpaired) electrons. The third-order valence-corrected chi connectivity index (χ3v) is 6.90. The van der Waals surface area contributed by atoms with E-state index in [2.05, 4.69) is 5.32 Å². The fourth-order valence-corrected chi connectivity index (χ4v) is 4.76. The summed E-state index contributed by atoms with van der Waals surface area (Å²) in [6.07, 6.45) is 0.580. The van der Waals surface area contributed by atoms with Crippen molar-refractivity contribution >= 4 is 40.8 Å². The van der Waals surface area contributed by atoms with Crippen LogP contribution >= 0.6 is 12.2 Å². The predicted molar refractivity (Wildman–Crippen MR) is 152 cm³/mol. The number of benzene rings is 3. The summed E-state index contributed by atoms with van der Waals surface area (Å²) in [5.41, 5.74) is 2.94. The van der Waals surface area contributed by atoms with Crippen molar-refractivity contribution in [2.24, 2.45) is 0 Å². The summed E-state index contributed by atoms with van der Waals surface area (Å²) >= 11 is 5.75. The molecule has 202 valence electrons. The molecular weight excluding hydrogens is 514 g/mol. The van der Waals surface area contributed by atoms with E-state index >= 15 is 0 Å². The number of methoxy groups -OCH3 is 1. The standard InChI is InChI=1S/C30H31N3O5S/c1-3-38-29(36)23-11-13-24(14-12-23)31-27(34)19-26-28(35)33(20-22-7-5-4-6-8-22)30(39)32(26)18-17-21-9-15-25(37-2)16-10-21/h4-16,26H,3,17-20H2,1-2H3,(H,31,34)/t26-/m0/s1. The first kappa shape index (κ1) is 27.8. The molecule has 4 rings (SSSR count). The molecule has 0 aliphatic carbocycles. The van der Waals surface area contributed by atoms with Gasteiger partial charge in [-0.15, -0.1) is 0 Å². The summed E-state index contributed by atoms with van der Waals surface area (Å²) in [4.78, 5) is 41.9. The minimum atomic E-state index is -0.724. The second-order valence-corrected chi connectivity index (χ2v) is 9.42. The van der Waals surface area contributed by atoms with Gasteiger partial charge in [-0.05, 0) is 73.1 Å². The molecule has 9 heteroatoms. The summed E-state index contributed by atoms with van der Waals surface area (Å²) in [7, 11) is 1.62. The number of nitrogens with zero attached hydrogens (tertiary/aromatic N) is 2. The Kier molecular flexibility index (Phi) is 9.27. The van der Waals surface area contributed by atoms with Gasteiger partial charge in [-0.3, -0.25) is 14.5 Å². The zero-order valence-corrected chi connectivity index (χ0v) is 22.8. The molecule has 1 aliphatic rings. The van der Waals surface area contributed by atoms with Gasteiger partial charge in [0.2, 0.25) is 5.91 Å². The molecule has 0 spiro atoms. The first-order valence-corrected chi connectivity index (χ1v) is 13.2. The van der Waals surface area contributed by atoms with E-state index in [1.54, 1.807) is 43.2 Å². The van der Waals surface area contributed by atoms with Crippen molar-refractivity contribution in [2.75, 3.05) is 25.6 Å². The van der Waals surface area contributed by atoms with Crippen molar-refractivity contribution in [3.63, 3.8) is 0 Å². The predicted octanol–water partition coefficient (Wildman–Crippen LogP) is 4.44. The Morgan fingerprint density at radius 1 is 0.949 bits per heavy atom. The van der Waals surface area contributed by atoms with E-state index in [-0.39, 0.29) is 24.8 Å². The summed E-state index contributed by atoms with van der Waals surface area (Å²) < 4.78 is 10.2.